The highest BCUT2D eigenvalue weighted by Gasteiger charge is 2.35. The molecule has 0 radical (unpaired) electrons. The third kappa shape index (κ3) is 3.41. The Hall–Kier alpha value is -2.41. The van der Waals surface area contributed by atoms with Crippen molar-refractivity contribution < 1.29 is 13.2 Å². The summed E-state index contributed by atoms with van der Waals surface area (Å²) in [7, 11) is -3.07. The van der Waals surface area contributed by atoms with Crippen LogP contribution in [0.2, 0.25) is 0 Å². The molecule has 0 saturated carbocycles. The first-order valence-corrected chi connectivity index (χ1v) is 9.56. The van der Waals surface area contributed by atoms with Crippen molar-refractivity contribution in [2.75, 3.05) is 18.1 Å². The van der Waals surface area contributed by atoms with Crippen LogP contribution in [0.3, 0.4) is 0 Å². The first-order valence-electron chi connectivity index (χ1n) is 7.73. The van der Waals surface area contributed by atoms with Gasteiger partial charge < -0.3 is 4.90 Å². The molecule has 1 fully saturated rings. The molecule has 1 aliphatic heterocycles. The quantitative estimate of drug-likeness (QED) is 0.773. The molecule has 2 heterocycles. The van der Waals surface area contributed by atoms with Gasteiger partial charge in [0.25, 0.3) is 5.91 Å². The van der Waals surface area contributed by atoms with Gasteiger partial charge in [0, 0.05) is 18.8 Å². The fourth-order valence-electron chi connectivity index (χ4n) is 2.87. The van der Waals surface area contributed by atoms with Crippen molar-refractivity contribution in [2.45, 2.75) is 12.5 Å². The predicted octanol–water partition coefficient (Wildman–Crippen LogP) is 1.69. The Kier molecular flexibility index (Phi) is 4.53. The van der Waals surface area contributed by atoms with E-state index in [9.17, 15) is 13.2 Å². The van der Waals surface area contributed by atoms with Crippen molar-refractivity contribution >= 4 is 15.7 Å². The van der Waals surface area contributed by atoms with E-state index in [1.807, 2.05) is 30.3 Å². The van der Waals surface area contributed by atoms with Gasteiger partial charge in [0.05, 0.1) is 17.2 Å². The molecule has 24 heavy (non-hydrogen) atoms. The Morgan fingerprint density at radius 3 is 2.71 bits per heavy atom. The lowest BCUT2D eigenvalue weighted by molar-refractivity contribution is 0.0714. The number of carbonyl (C=O) groups is 1. The molecular weight excluding hydrogens is 326 g/mol. The first-order chi connectivity index (χ1) is 11.5. The molecule has 6 nitrogen and oxygen atoms in total. The van der Waals surface area contributed by atoms with Crippen LogP contribution >= 0.6 is 0 Å². The standard InChI is InChI=1S/C17H19N3O3S/c1-2-10-19(15-9-12-24(22,23)13-15)17(21)16-8-11-20(18-16)14-6-4-3-5-7-14/h2-8,11,15H,1,9-10,12-13H2/t15-/m0/s1. The van der Waals surface area contributed by atoms with E-state index in [4.69, 9.17) is 0 Å². The van der Waals surface area contributed by atoms with Crippen LogP contribution in [0, 0.1) is 0 Å². The minimum atomic E-state index is -3.07. The van der Waals surface area contributed by atoms with Crippen LogP contribution in [0.25, 0.3) is 5.69 Å². The summed E-state index contributed by atoms with van der Waals surface area (Å²) in [5, 5.41) is 4.33. The van der Waals surface area contributed by atoms with Gasteiger partial charge in [-0.05, 0) is 24.6 Å². The molecule has 1 saturated heterocycles. The Labute approximate surface area is 141 Å². The Bertz CT molecular complexity index is 843. The highest BCUT2D eigenvalue weighted by Crippen LogP contribution is 2.20. The number of hydrogen-bond donors (Lipinski definition) is 0. The van der Waals surface area contributed by atoms with Gasteiger partial charge in [-0.2, -0.15) is 5.10 Å². The fourth-order valence-corrected chi connectivity index (χ4v) is 4.60. The third-order valence-electron chi connectivity index (χ3n) is 4.06. The van der Waals surface area contributed by atoms with Crippen LogP contribution in [-0.4, -0.2) is 53.1 Å². The van der Waals surface area contributed by atoms with E-state index in [2.05, 4.69) is 11.7 Å². The number of benzene rings is 1. The normalized spacial score (nSPS) is 19.1. The van der Waals surface area contributed by atoms with Crippen LogP contribution in [0.1, 0.15) is 16.9 Å². The van der Waals surface area contributed by atoms with Crippen LogP contribution < -0.4 is 0 Å². The molecule has 2 aromatic rings. The van der Waals surface area contributed by atoms with Gasteiger partial charge in [0.2, 0.25) is 0 Å². The second-order valence-electron chi connectivity index (χ2n) is 5.78. The zero-order valence-electron chi connectivity index (χ0n) is 13.2. The van der Waals surface area contributed by atoms with Crippen LogP contribution in [0.15, 0.2) is 55.3 Å². The average molecular weight is 345 g/mol. The summed E-state index contributed by atoms with van der Waals surface area (Å²) in [6.07, 6.45) is 3.79. The van der Waals surface area contributed by atoms with Crippen molar-refractivity contribution in [1.29, 1.82) is 0 Å². The summed E-state index contributed by atoms with van der Waals surface area (Å²) in [6.45, 7) is 3.97. The van der Waals surface area contributed by atoms with Crippen molar-refractivity contribution in [3.8, 4) is 5.69 Å². The van der Waals surface area contributed by atoms with E-state index in [1.165, 1.54) is 0 Å². The second kappa shape index (κ2) is 6.60. The lowest BCUT2D eigenvalue weighted by atomic mass is 10.2. The largest absolute Gasteiger partial charge is 0.330 e. The molecule has 0 N–H and O–H groups in total. The smallest absolute Gasteiger partial charge is 0.274 e. The van der Waals surface area contributed by atoms with Gasteiger partial charge in [-0.15, -0.1) is 6.58 Å². The predicted molar refractivity (Wildman–Crippen MR) is 91.9 cm³/mol. The summed E-state index contributed by atoms with van der Waals surface area (Å²) in [4.78, 5) is 14.3. The molecule has 1 aromatic heterocycles. The summed E-state index contributed by atoms with van der Waals surface area (Å²) < 4.78 is 25.1. The topological polar surface area (TPSA) is 72.3 Å². The molecule has 1 atom stereocenters. The van der Waals surface area contributed by atoms with E-state index in [0.717, 1.165) is 5.69 Å². The Balaban J connectivity index is 1.83. The molecule has 0 spiro atoms. The summed E-state index contributed by atoms with van der Waals surface area (Å²) in [6, 6.07) is 10.8. The number of hydrogen-bond acceptors (Lipinski definition) is 4. The maximum Gasteiger partial charge on any atom is 0.274 e. The molecule has 3 rings (SSSR count). The average Bonchev–Trinajstić information content (AvgIpc) is 3.19. The molecule has 1 aliphatic rings. The van der Waals surface area contributed by atoms with E-state index in [-0.39, 0.29) is 23.5 Å². The van der Waals surface area contributed by atoms with Gasteiger partial charge in [0.15, 0.2) is 15.5 Å². The molecular formula is C17H19N3O3S. The first kappa shape index (κ1) is 16.4. The summed E-state index contributed by atoms with van der Waals surface area (Å²) >= 11 is 0. The minimum Gasteiger partial charge on any atom is -0.330 e. The van der Waals surface area contributed by atoms with E-state index in [0.29, 0.717) is 18.7 Å². The fraction of sp³-hybridized carbons (Fsp3) is 0.294. The summed E-state index contributed by atoms with van der Waals surface area (Å²) in [5.74, 6) is -0.144. The molecule has 7 heteroatoms. The van der Waals surface area contributed by atoms with Gasteiger partial charge in [-0.1, -0.05) is 24.3 Å². The van der Waals surface area contributed by atoms with E-state index >= 15 is 0 Å². The molecule has 126 valence electrons. The number of sulfone groups is 1. The maximum absolute atomic E-state index is 12.8. The minimum absolute atomic E-state index is 0.00593. The lowest BCUT2D eigenvalue weighted by Crippen LogP contribution is -2.41. The maximum atomic E-state index is 12.8. The molecule has 0 unspecified atom stereocenters. The Morgan fingerprint density at radius 2 is 2.08 bits per heavy atom. The van der Waals surface area contributed by atoms with Gasteiger partial charge in [-0.3, -0.25) is 4.79 Å². The molecule has 1 aromatic carbocycles. The second-order valence-corrected chi connectivity index (χ2v) is 8.01. The Morgan fingerprint density at radius 1 is 1.33 bits per heavy atom. The zero-order chi connectivity index (χ0) is 17.2. The van der Waals surface area contributed by atoms with E-state index in [1.54, 1.807) is 27.9 Å². The highest BCUT2D eigenvalue weighted by molar-refractivity contribution is 7.91. The van der Waals surface area contributed by atoms with Crippen molar-refractivity contribution in [2.24, 2.45) is 0 Å². The monoisotopic (exact) mass is 345 g/mol. The number of rotatable bonds is 5. The van der Waals surface area contributed by atoms with E-state index < -0.39 is 9.84 Å². The van der Waals surface area contributed by atoms with Crippen molar-refractivity contribution in [1.82, 2.24) is 14.7 Å². The number of amides is 1. The summed E-state index contributed by atoms with van der Waals surface area (Å²) in [5.41, 5.74) is 1.15. The highest BCUT2D eigenvalue weighted by atomic mass is 32.2. The molecule has 1 amide bonds. The van der Waals surface area contributed by atoms with Gasteiger partial charge in [-0.25, -0.2) is 13.1 Å². The van der Waals surface area contributed by atoms with Crippen LogP contribution in [-0.2, 0) is 9.84 Å². The van der Waals surface area contributed by atoms with Crippen LogP contribution in [0.4, 0.5) is 0 Å². The number of aromatic nitrogens is 2. The molecule has 0 bridgehead atoms. The SMILES string of the molecule is C=CCN(C(=O)c1ccn(-c2ccccc2)n1)[C@H]1CCS(=O)(=O)C1. The number of nitrogens with zero attached hydrogens (tertiary/aromatic N) is 3. The van der Waals surface area contributed by atoms with Crippen LogP contribution in [0.5, 0.6) is 0 Å². The third-order valence-corrected chi connectivity index (χ3v) is 5.82. The van der Waals surface area contributed by atoms with Crippen molar-refractivity contribution in [3.63, 3.8) is 0 Å². The van der Waals surface area contributed by atoms with Gasteiger partial charge >= 0.3 is 0 Å². The zero-order valence-corrected chi connectivity index (χ0v) is 14.0. The number of para-hydroxylation sites is 1. The lowest BCUT2D eigenvalue weighted by Gasteiger charge is -2.26. The van der Waals surface area contributed by atoms with Crippen molar-refractivity contribution in [3.05, 3.63) is 60.9 Å². The molecule has 0 aliphatic carbocycles. The van der Waals surface area contributed by atoms with Gasteiger partial charge in [0.1, 0.15) is 0 Å². The number of carbonyl (C=O) groups excluding carboxylic acids is 1.